The zero-order valence-electron chi connectivity index (χ0n) is 21.8. The third-order valence-corrected chi connectivity index (χ3v) is 8.46. The molecule has 0 bridgehead atoms. The average molecular weight is 527 g/mol. The molecule has 37 heavy (non-hydrogen) atoms. The van der Waals surface area contributed by atoms with Crippen LogP contribution in [0.2, 0.25) is 0 Å². The van der Waals surface area contributed by atoms with Crippen LogP contribution in [0.1, 0.15) is 63.9 Å². The molecule has 1 aromatic heterocycles. The maximum atomic E-state index is 13.6. The molecule has 1 aromatic carbocycles. The summed E-state index contributed by atoms with van der Waals surface area (Å²) in [6.45, 7) is 7.00. The molecule has 2 saturated heterocycles. The lowest BCUT2D eigenvalue weighted by Gasteiger charge is -2.38. The lowest BCUT2D eigenvalue weighted by molar-refractivity contribution is 0.122. The molecule has 1 atom stereocenters. The molecule has 1 saturated carbocycles. The summed E-state index contributed by atoms with van der Waals surface area (Å²) in [4.78, 5) is 14.4. The SMILES string of the molecule is CC1CCCCN1c1cc(N2CCOCC2)nc(NC(=S)NCC2(c3ccc(F)cc3)CCCCC2)n1. The maximum Gasteiger partial charge on any atom is 0.232 e. The first-order chi connectivity index (χ1) is 18.0. The van der Waals surface area contributed by atoms with E-state index in [4.69, 9.17) is 26.9 Å². The molecule has 0 spiro atoms. The molecule has 0 amide bonds. The van der Waals surface area contributed by atoms with Gasteiger partial charge < -0.3 is 25.2 Å². The number of hydrogen-bond donors (Lipinski definition) is 2. The number of hydrogen-bond acceptors (Lipinski definition) is 6. The van der Waals surface area contributed by atoms with E-state index in [-0.39, 0.29) is 11.2 Å². The third kappa shape index (κ3) is 6.32. The Morgan fingerprint density at radius 3 is 2.49 bits per heavy atom. The number of halogens is 1. The highest BCUT2D eigenvalue weighted by Crippen LogP contribution is 2.39. The van der Waals surface area contributed by atoms with Gasteiger partial charge in [-0.05, 0) is 68.9 Å². The fourth-order valence-electron chi connectivity index (χ4n) is 6.01. The molecular formula is C28H39FN6OS. The Hall–Kier alpha value is -2.52. The Morgan fingerprint density at radius 1 is 1.03 bits per heavy atom. The smallest absolute Gasteiger partial charge is 0.232 e. The number of ether oxygens (including phenoxy) is 1. The number of anilines is 3. The van der Waals surface area contributed by atoms with Crippen molar-refractivity contribution in [1.29, 1.82) is 0 Å². The van der Waals surface area contributed by atoms with E-state index in [0.717, 1.165) is 44.1 Å². The summed E-state index contributed by atoms with van der Waals surface area (Å²) in [5, 5.41) is 7.27. The van der Waals surface area contributed by atoms with Crippen LogP contribution in [-0.4, -0.2) is 60.5 Å². The lowest BCUT2D eigenvalue weighted by Crippen LogP contribution is -2.44. The van der Waals surface area contributed by atoms with Crippen LogP contribution in [0.25, 0.3) is 0 Å². The Morgan fingerprint density at radius 2 is 1.76 bits per heavy atom. The second-order valence-corrected chi connectivity index (χ2v) is 11.1. The first kappa shape index (κ1) is 26.1. The molecule has 3 fully saturated rings. The van der Waals surface area contributed by atoms with Gasteiger partial charge in [-0.25, -0.2) is 4.39 Å². The van der Waals surface area contributed by atoms with Crippen molar-refractivity contribution in [3.8, 4) is 0 Å². The van der Waals surface area contributed by atoms with E-state index >= 15 is 0 Å². The van der Waals surface area contributed by atoms with Crippen molar-refractivity contribution in [1.82, 2.24) is 15.3 Å². The van der Waals surface area contributed by atoms with Gasteiger partial charge in [0.25, 0.3) is 0 Å². The fraction of sp³-hybridized carbons (Fsp3) is 0.607. The quantitative estimate of drug-likeness (QED) is 0.509. The highest BCUT2D eigenvalue weighted by molar-refractivity contribution is 7.80. The summed E-state index contributed by atoms with van der Waals surface area (Å²) >= 11 is 5.74. The number of thiocarbonyl (C=S) groups is 1. The van der Waals surface area contributed by atoms with Crippen LogP contribution >= 0.6 is 12.2 Å². The monoisotopic (exact) mass is 526 g/mol. The van der Waals surface area contributed by atoms with E-state index in [1.54, 1.807) is 12.1 Å². The predicted octanol–water partition coefficient (Wildman–Crippen LogP) is 5.02. The minimum absolute atomic E-state index is 0.0530. The molecule has 200 valence electrons. The second kappa shape index (κ2) is 11.9. The molecular weight excluding hydrogens is 487 g/mol. The van der Waals surface area contributed by atoms with Crippen LogP contribution in [-0.2, 0) is 10.2 Å². The predicted molar refractivity (Wildman–Crippen MR) is 151 cm³/mol. The topological polar surface area (TPSA) is 65.6 Å². The summed E-state index contributed by atoms with van der Waals surface area (Å²) in [7, 11) is 0. The van der Waals surface area contributed by atoms with Gasteiger partial charge in [-0.1, -0.05) is 31.4 Å². The van der Waals surface area contributed by atoms with Gasteiger partial charge in [-0.15, -0.1) is 0 Å². The Kier molecular flexibility index (Phi) is 8.39. The van der Waals surface area contributed by atoms with Crippen LogP contribution in [0.15, 0.2) is 30.3 Å². The van der Waals surface area contributed by atoms with Crippen LogP contribution in [0, 0.1) is 5.82 Å². The first-order valence-corrected chi connectivity index (χ1v) is 14.2. The molecule has 2 N–H and O–H groups in total. The lowest BCUT2D eigenvalue weighted by atomic mass is 9.69. The number of aromatic nitrogens is 2. The summed E-state index contributed by atoms with van der Waals surface area (Å²) in [5.74, 6) is 2.18. The second-order valence-electron chi connectivity index (χ2n) is 10.7. The van der Waals surface area contributed by atoms with Gasteiger partial charge in [0, 0.05) is 43.7 Å². The van der Waals surface area contributed by atoms with Gasteiger partial charge in [0.05, 0.1) is 13.2 Å². The van der Waals surface area contributed by atoms with Crippen molar-refractivity contribution in [2.75, 3.05) is 54.5 Å². The standard InChI is InChI=1S/C28H39FN6OS/c1-21-7-3-6-14-35(21)25-19-24(34-15-17-36-18-16-34)31-26(32-25)33-27(37)30-20-28(12-4-2-5-13-28)22-8-10-23(29)11-9-22/h8-11,19,21H,2-7,12-18,20H2,1H3,(H2,30,31,32,33,37). The molecule has 1 aliphatic carbocycles. The van der Waals surface area contributed by atoms with E-state index in [9.17, 15) is 4.39 Å². The molecule has 7 nitrogen and oxygen atoms in total. The molecule has 3 aliphatic rings. The zero-order chi connectivity index (χ0) is 25.7. The van der Waals surface area contributed by atoms with Crippen molar-refractivity contribution >= 4 is 34.9 Å². The largest absolute Gasteiger partial charge is 0.378 e. The van der Waals surface area contributed by atoms with E-state index in [1.165, 1.54) is 44.1 Å². The van der Waals surface area contributed by atoms with Crippen molar-refractivity contribution < 1.29 is 9.13 Å². The van der Waals surface area contributed by atoms with Gasteiger partial charge in [-0.2, -0.15) is 9.97 Å². The number of morpholine rings is 1. The van der Waals surface area contributed by atoms with Gasteiger partial charge >= 0.3 is 0 Å². The Labute approximate surface area is 225 Å². The van der Waals surface area contributed by atoms with Gasteiger partial charge in [0.2, 0.25) is 5.95 Å². The van der Waals surface area contributed by atoms with Crippen molar-refractivity contribution in [2.45, 2.75) is 69.7 Å². The number of benzene rings is 1. The summed E-state index contributed by atoms with van der Waals surface area (Å²) < 4.78 is 19.2. The van der Waals surface area contributed by atoms with Crippen LogP contribution < -0.4 is 20.4 Å². The maximum absolute atomic E-state index is 13.6. The van der Waals surface area contributed by atoms with Crippen molar-refractivity contribution in [3.63, 3.8) is 0 Å². The number of rotatable bonds is 6. The number of piperidine rings is 1. The minimum Gasteiger partial charge on any atom is -0.378 e. The molecule has 1 unspecified atom stereocenters. The van der Waals surface area contributed by atoms with E-state index in [1.807, 2.05) is 12.1 Å². The number of nitrogens with one attached hydrogen (secondary N) is 2. The molecule has 2 aliphatic heterocycles. The van der Waals surface area contributed by atoms with Crippen LogP contribution in [0.3, 0.4) is 0 Å². The molecule has 9 heteroatoms. The molecule has 0 radical (unpaired) electrons. The number of nitrogens with zero attached hydrogens (tertiary/aromatic N) is 4. The third-order valence-electron chi connectivity index (χ3n) is 8.21. The molecule has 3 heterocycles. The van der Waals surface area contributed by atoms with E-state index < -0.39 is 0 Å². The summed E-state index contributed by atoms with van der Waals surface area (Å²) in [5.41, 5.74) is 1.12. The summed E-state index contributed by atoms with van der Waals surface area (Å²) in [6.07, 6.45) is 9.31. The van der Waals surface area contributed by atoms with E-state index in [0.29, 0.717) is 36.9 Å². The van der Waals surface area contributed by atoms with Crippen molar-refractivity contribution in [3.05, 3.63) is 41.7 Å². The van der Waals surface area contributed by atoms with Crippen LogP contribution in [0.4, 0.5) is 22.0 Å². The minimum atomic E-state index is -0.198. The zero-order valence-corrected chi connectivity index (χ0v) is 22.7. The molecule has 2 aromatic rings. The van der Waals surface area contributed by atoms with Crippen LogP contribution in [0.5, 0.6) is 0 Å². The Bertz CT molecular complexity index is 1060. The summed E-state index contributed by atoms with van der Waals surface area (Å²) in [6, 6.07) is 9.55. The van der Waals surface area contributed by atoms with Gasteiger partial charge in [0.1, 0.15) is 17.5 Å². The average Bonchev–Trinajstić information content (AvgIpc) is 2.93. The van der Waals surface area contributed by atoms with E-state index in [2.05, 4.69) is 33.4 Å². The van der Waals surface area contributed by atoms with Gasteiger partial charge in [0.15, 0.2) is 5.11 Å². The highest BCUT2D eigenvalue weighted by Gasteiger charge is 2.34. The normalized spacial score (nSPS) is 21.9. The van der Waals surface area contributed by atoms with Gasteiger partial charge in [-0.3, -0.25) is 0 Å². The molecule has 5 rings (SSSR count). The van der Waals surface area contributed by atoms with Crippen molar-refractivity contribution in [2.24, 2.45) is 0 Å². The Balaban J connectivity index is 1.33. The first-order valence-electron chi connectivity index (χ1n) is 13.8. The fourth-order valence-corrected chi connectivity index (χ4v) is 6.18. The highest BCUT2D eigenvalue weighted by atomic mass is 32.1.